The van der Waals surface area contributed by atoms with Crippen LogP contribution in [0.5, 0.6) is 5.75 Å². The number of thiophene rings is 1. The summed E-state index contributed by atoms with van der Waals surface area (Å²) in [6.07, 6.45) is -4.75. The summed E-state index contributed by atoms with van der Waals surface area (Å²) in [7, 11) is 0. The van der Waals surface area contributed by atoms with E-state index in [0.717, 1.165) is 0 Å². The number of hydrogen-bond donors (Lipinski definition) is 2. The number of alkyl halides is 3. The van der Waals surface area contributed by atoms with E-state index < -0.39 is 28.8 Å². The van der Waals surface area contributed by atoms with E-state index in [4.69, 9.17) is 9.84 Å². The Labute approximate surface area is 186 Å². The van der Waals surface area contributed by atoms with Crippen LogP contribution in [-0.4, -0.2) is 17.0 Å². The van der Waals surface area contributed by atoms with E-state index in [1.165, 1.54) is 13.0 Å². The number of hydrogen-bond acceptors (Lipinski definition) is 4. The lowest BCUT2D eigenvalue weighted by Crippen LogP contribution is -2.22. The molecule has 0 aliphatic carbocycles. The summed E-state index contributed by atoms with van der Waals surface area (Å²) >= 11 is 0.645. The molecule has 0 fully saturated rings. The maximum atomic E-state index is 13.5. The third kappa shape index (κ3) is 6.10. The minimum atomic E-state index is -4.47. The fourth-order valence-corrected chi connectivity index (χ4v) is 3.92. The average molecular weight is 463 g/mol. The normalized spacial score (nSPS) is 12.2. The van der Waals surface area contributed by atoms with Crippen molar-refractivity contribution >= 4 is 28.9 Å². The van der Waals surface area contributed by atoms with Crippen LogP contribution >= 0.6 is 11.3 Å². The third-order valence-corrected chi connectivity index (χ3v) is 5.71. The predicted molar refractivity (Wildman–Crippen MR) is 116 cm³/mol. The van der Waals surface area contributed by atoms with Crippen LogP contribution in [0.15, 0.2) is 60.7 Å². The van der Waals surface area contributed by atoms with Crippen molar-refractivity contribution in [3.8, 4) is 16.9 Å². The Balaban J connectivity index is 1.66. The Kier molecular flexibility index (Phi) is 7.19. The van der Waals surface area contributed by atoms with E-state index in [-0.39, 0.29) is 18.6 Å². The standard InChI is InChI=1S/C23H20F3NO4S/c1-14(11-20(28)29)22(30)27-16-7-9-17(10-8-16)31-13-18-12-19(15-5-3-2-4-6-15)21(32-18)23(24,25)26/h2-10,12,14H,11,13H2,1H3,(H,27,30)(H,28,29)/t14-/m0/s1. The SMILES string of the molecule is C[C@@H](CC(=O)O)C(=O)Nc1ccc(OCc2cc(-c3ccccc3)c(C(F)(F)F)s2)cc1. The number of amides is 1. The van der Waals surface area contributed by atoms with Crippen molar-refractivity contribution in [1.82, 2.24) is 0 Å². The second kappa shape index (κ2) is 9.86. The van der Waals surface area contributed by atoms with Gasteiger partial charge in [0.15, 0.2) is 0 Å². The van der Waals surface area contributed by atoms with E-state index in [9.17, 15) is 22.8 Å². The zero-order valence-corrected chi connectivity index (χ0v) is 17.8. The molecule has 2 aromatic carbocycles. The molecule has 0 bridgehead atoms. The number of nitrogens with one attached hydrogen (secondary N) is 1. The van der Waals surface area contributed by atoms with Gasteiger partial charge in [0.2, 0.25) is 5.91 Å². The largest absolute Gasteiger partial charge is 0.488 e. The second-order valence-electron chi connectivity index (χ2n) is 7.12. The smallest absolute Gasteiger partial charge is 0.426 e. The summed E-state index contributed by atoms with van der Waals surface area (Å²) in [6.45, 7) is 1.47. The Bertz CT molecular complexity index is 1080. The van der Waals surface area contributed by atoms with Crippen molar-refractivity contribution < 1.29 is 32.6 Å². The topological polar surface area (TPSA) is 75.6 Å². The number of carbonyl (C=O) groups is 2. The molecule has 0 saturated carbocycles. The number of aliphatic carboxylic acids is 1. The summed E-state index contributed by atoms with van der Waals surface area (Å²) in [5.74, 6) is -1.75. The molecule has 1 atom stereocenters. The fourth-order valence-electron chi connectivity index (χ4n) is 2.96. The number of carboxylic acids is 1. The Hall–Kier alpha value is -3.33. The lowest BCUT2D eigenvalue weighted by molar-refractivity contribution is -0.140. The first-order chi connectivity index (χ1) is 15.1. The highest BCUT2D eigenvalue weighted by molar-refractivity contribution is 7.12. The van der Waals surface area contributed by atoms with E-state index >= 15 is 0 Å². The van der Waals surface area contributed by atoms with Gasteiger partial charge in [-0.25, -0.2) is 0 Å². The van der Waals surface area contributed by atoms with Crippen molar-refractivity contribution in [2.75, 3.05) is 5.32 Å². The lowest BCUT2D eigenvalue weighted by atomic mass is 10.1. The van der Waals surface area contributed by atoms with Crippen LogP contribution in [0.3, 0.4) is 0 Å². The minimum absolute atomic E-state index is 0.0398. The number of ether oxygens (including phenoxy) is 1. The molecule has 3 rings (SSSR count). The molecule has 0 radical (unpaired) electrons. The van der Waals surface area contributed by atoms with Gasteiger partial charge in [-0.15, -0.1) is 11.3 Å². The molecule has 1 heterocycles. The van der Waals surface area contributed by atoms with E-state index in [2.05, 4.69) is 5.32 Å². The van der Waals surface area contributed by atoms with Crippen molar-refractivity contribution in [1.29, 1.82) is 0 Å². The number of carboxylic acid groups (broad SMARTS) is 1. The number of benzene rings is 2. The molecular weight excluding hydrogens is 443 g/mol. The molecular formula is C23H20F3NO4S. The first-order valence-corrected chi connectivity index (χ1v) is 10.5. The monoisotopic (exact) mass is 463 g/mol. The summed E-state index contributed by atoms with van der Waals surface area (Å²) in [4.78, 5) is 22.4. The lowest BCUT2D eigenvalue weighted by Gasteiger charge is -2.11. The summed E-state index contributed by atoms with van der Waals surface area (Å²) in [6, 6.07) is 16.2. The van der Waals surface area contributed by atoms with E-state index in [1.54, 1.807) is 54.6 Å². The third-order valence-electron chi connectivity index (χ3n) is 4.56. The second-order valence-corrected chi connectivity index (χ2v) is 8.26. The summed E-state index contributed by atoms with van der Waals surface area (Å²) in [5.41, 5.74) is 1.07. The summed E-state index contributed by atoms with van der Waals surface area (Å²) in [5, 5.41) is 11.4. The number of anilines is 1. The number of rotatable bonds is 8. The van der Waals surface area contributed by atoms with Gasteiger partial charge in [-0.2, -0.15) is 13.2 Å². The summed E-state index contributed by atoms with van der Waals surface area (Å²) < 4.78 is 46.1. The fraction of sp³-hybridized carbons (Fsp3) is 0.217. The van der Waals surface area contributed by atoms with Gasteiger partial charge >= 0.3 is 12.1 Å². The highest BCUT2D eigenvalue weighted by atomic mass is 32.1. The van der Waals surface area contributed by atoms with Crippen molar-refractivity contribution in [3.63, 3.8) is 0 Å². The van der Waals surface area contributed by atoms with Gasteiger partial charge in [-0.05, 0) is 35.9 Å². The van der Waals surface area contributed by atoms with Gasteiger partial charge < -0.3 is 15.2 Å². The molecule has 1 aromatic heterocycles. The minimum Gasteiger partial charge on any atom is -0.488 e. The number of halogens is 3. The molecule has 0 aliphatic rings. The zero-order chi connectivity index (χ0) is 23.3. The van der Waals surface area contributed by atoms with Gasteiger partial charge in [0, 0.05) is 22.0 Å². The molecule has 168 valence electrons. The van der Waals surface area contributed by atoms with Crippen LogP contribution in [0, 0.1) is 5.92 Å². The molecule has 5 nitrogen and oxygen atoms in total. The molecule has 0 saturated heterocycles. The quantitative estimate of drug-likeness (QED) is 0.426. The van der Waals surface area contributed by atoms with Crippen LogP contribution < -0.4 is 10.1 Å². The van der Waals surface area contributed by atoms with Crippen LogP contribution in [0.2, 0.25) is 0 Å². The molecule has 32 heavy (non-hydrogen) atoms. The first kappa shape index (κ1) is 23.3. The molecule has 1 amide bonds. The van der Waals surface area contributed by atoms with E-state index in [0.29, 0.717) is 33.2 Å². The molecule has 0 spiro atoms. The van der Waals surface area contributed by atoms with Crippen LogP contribution in [0.25, 0.3) is 11.1 Å². The molecule has 0 aliphatic heterocycles. The van der Waals surface area contributed by atoms with Crippen LogP contribution in [-0.2, 0) is 22.4 Å². The van der Waals surface area contributed by atoms with Crippen LogP contribution in [0.4, 0.5) is 18.9 Å². The predicted octanol–water partition coefficient (Wildman–Crippen LogP) is 6.06. The van der Waals surface area contributed by atoms with Gasteiger partial charge in [-0.3, -0.25) is 9.59 Å². The van der Waals surface area contributed by atoms with Gasteiger partial charge in [0.25, 0.3) is 0 Å². The zero-order valence-electron chi connectivity index (χ0n) is 17.0. The molecule has 9 heteroatoms. The highest BCUT2D eigenvalue weighted by Crippen LogP contribution is 2.43. The first-order valence-electron chi connectivity index (χ1n) is 9.64. The van der Waals surface area contributed by atoms with Gasteiger partial charge in [0.05, 0.1) is 6.42 Å². The van der Waals surface area contributed by atoms with Crippen molar-refractivity contribution in [3.05, 3.63) is 70.4 Å². The van der Waals surface area contributed by atoms with Crippen LogP contribution in [0.1, 0.15) is 23.1 Å². The maximum absolute atomic E-state index is 13.5. The van der Waals surface area contributed by atoms with E-state index in [1.807, 2.05) is 0 Å². The maximum Gasteiger partial charge on any atom is 0.426 e. The van der Waals surface area contributed by atoms with Crippen molar-refractivity contribution in [2.45, 2.75) is 26.1 Å². The Morgan fingerprint density at radius 3 is 2.34 bits per heavy atom. The van der Waals surface area contributed by atoms with Gasteiger partial charge in [-0.1, -0.05) is 37.3 Å². The average Bonchev–Trinajstić information content (AvgIpc) is 3.18. The van der Waals surface area contributed by atoms with Gasteiger partial charge in [0.1, 0.15) is 17.2 Å². The molecule has 2 N–H and O–H groups in total. The molecule has 3 aromatic rings. The molecule has 0 unspecified atom stereocenters. The number of carbonyl (C=O) groups excluding carboxylic acids is 1. The highest BCUT2D eigenvalue weighted by Gasteiger charge is 2.36. The Morgan fingerprint density at radius 1 is 1.09 bits per heavy atom. The Morgan fingerprint density at radius 2 is 1.75 bits per heavy atom. The van der Waals surface area contributed by atoms with Crippen molar-refractivity contribution in [2.24, 2.45) is 5.92 Å².